The number of halogens is 3. The molecule has 0 aliphatic carbocycles. The molecule has 0 aromatic carbocycles. The van der Waals surface area contributed by atoms with Gasteiger partial charge in [-0.1, -0.05) is 6.92 Å². The van der Waals surface area contributed by atoms with E-state index in [9.17, 15) is 22.8 Å². The van der Waals surface area contributed by atoms with E-state index in [1.807, 2.05) is 0 Å². The second-order valence-electron chi connectivity index (χ2n) is 6.72. The van der Waals surface area contributed by atoms with Gasteiger partial charge in [-0.3, -0.25) is 9.59 Å². The van der Waals surface area contributed by atoms with Crippen LogP contribution in [0.15, 0.2) is 0 Å². The minimum atomic E-state index is -4.58. The smallest absolute Gasteiger partial charge is 0.422 e. The van der Waals surface area contributed by atoms with Crippen LogP contribution in [0, 0.1) is 10.8 Å². The summed E-state index contributed by atoms with van der Waals surface area (Å²) < 4.78 is 50.9. The van der Waals surface area contributed by atoms with E-state index in [4.69, 9.17) is 9.47 Å². The Labute approximate surface area is 133 Å². The molecule has 1 saturated heterocycles. The van der Waals surface area contributed by atoms with E-state index >= 15 is 0 Å². The lowest BCUT2D eigenvalue weighted by Crippen LogP contribution is -2.39. The van der Waals surface area contributed by atoms with Crippen molar-refractivity contribution in [2.24, 2.45) is 10.8 Å². The first-order chi connectivity index (χ1) is 10.4. The van der Waals surface area contributed by atoms with E-state index in [0.717, 1.165) is 0 Å². The fourth-order valence-corrected chi connectivity index (χ4v) is 2.24. The van der Waals surface area contributed by atoms with Crippen LogP contribution in [0.1, 0.15) is 40.5 Å². The molecule has 5 nitrogen and oxygen atoms in total. The van der Waals surface area contributed by atoms with Gasteiger partial charge >= 0.3 is 18.1 Å². The number of ether oxygens (including phenoxy) is 3. The number of hydrogen-bond acceptors (Lipinski definition) is 5. The zero-order chi connectivity index (χ0) is 17.9. The Morgan fingerprint density at radius 1 is 1.13 bits per heavy atom. The number of epoxide rings is 1. The second-order valence-corrected chi connectivity index (χ2v) is 6.72. The van der Waals surface area contributed by atoms with Crippen molar-refractivity contribution >= 4 is 11.9 Å². The highest BCUT2D eigenvalue weighted by Crippen LogP contribution is 2.39. The number of carbonyl (C=O) groups excluding carboxylic acids is 2. The van der Waals surface area contributed by atoms with Crippen molar-refractivity contribution < 1.29 is 37.0 Å². The minimum absolute atomic E-state index is 0.0253. The molecule has 0 amide bonds. The van der Waals surface area contributed by atoms with Crippen LogP contribution in [0.4, 0.5) is 13.2 Å². The van der Waals surface area contributed by atoms with Crippen LogP contribution in [0.3, 0.4) is 0 Å². The summed E-state index contributed by atoms with van der Waals surface area (Å²) in [5, 5.41) is 0. The molecule has 1 aliphatic heterocycles. The average Bonchev–Trinajstić information content (AvgIpc) is 3.24. The molecule has 2 atom stereocenters. The number of hydrogen-bond donors (Lipinski definition) is 0. The monoisotopic (exact) mass is 340 g/mol. The molecule has 1 aliphatic rings. The zero-order valence-corrected chi connectivity index (χ0v) is 13.8. The summed E-state index contributed by atoms with van der Waals surface area (Å²) in [7, 11) is 0. The third kappa shape index (κ3) is 6.37. The topological polar surface area (TPSA) is 65.1 Å². The summed E-state index contributed by atoms with van der Waals surface area (Å²) in [6.45, 7) is 5.35. The quantitative estimate of drug-likeness (QED) is 0.502. The van der Waals surface area contributed by atoms with Crippen LogP contribution in [-0.2, 0) is 23.8 Å². The van der Waals surface area contributed by atoms with Gasteiger partial charge in [0, 0.05) is 0 Å². The predicted octanol–water partition coefficient (Wildman–Crippen LogP) is 2.87. The lowest BCUT2D eigenvalue weighted by atomic mass is 9.72. The molecular formula is C15H23F3O5. The van der Waals surface area contributed by atoms with Crippen LogP contribution in [0.2, 0.25) is 0 Å². The Hall–Kier alpha value is -1.31. The molecule has 1 heterocycles. The van der Waals surface area contributed by atoms with E-state index in [2.05, 4.69) is 4.74 Å². The number of alkyl halides is 3. The van der Waals surface area contributed by atoms with Gasteiger partial charge in [0.25, 0.3) is 0 Å². The first-order valence-electron chi connectivity index (χ1n) is 7.42. The van der Waals surface area contributed by atoms with Crippen molar-refractivity contribution in [2.45, 2.75) is 52.8 Å². The summed E-state index contributed by atoms with van der Waals surface area (Å²) in [4.78, 5) is 24.1. The lowest BCUT2D eigenvalue weighted by molar-refractivity contribution is -0.194. The Morgan fingerprint density at radius 3 is 2.13 bits per heavy atom. The SMILES string of the molecule is CCC(C)(CC(C)(C)C(=O)OCC(F)(F)F)C(=O)OCC1CO1. The van der Waals surface area contributed by atoms with Crippen LogP contribution in [0.5, 0.6) is 0 Å². The summed E-state index contributed by atoms with van der Waals surface area (Å²) in [6, 6.07) is 0. The minimum Gasteiger partial charge on any atom is -0.462 e. The first kappa shape index (κ1) is 19.7. The van der Waals surface area contributed by atoms with Gasteiger partial charge in [0.1, 0.15) is 12.7 Å². The van der Waals surface area contributed by atoms with Crippen LogP contribution in [-0.4, -0.2) is 44.0 Å². The van der Waals surface area contributed by atoms with Gasteiger partial charge in [0.2, 0.25) is 0 Å². The average molecular weight is 340 g/mol. The maximum absolute atomic E-state index is 12.2. The summed E-state index contributed by atoms with van der Waals surface area (Å²) in [6.07, 6.45) is -4.25. The van der Waals surface area contributed by atoms with Crippen LogP contribution >= 0.6 is 0 Å². The summed E-state index contributed by atoms with van der Waals surface area (Å²) >= 11 is 0. The van der Waals surface area contributed by atoms with E-state index in [0.29, 0.717) is 13.0 Å². The van der Waals surface area contributed by atoms with Crippen molar-refractivity contribution in [1.29, 1.82) is 0 Å². The highest BCUT2D eigenvalue weighted by Gasteiger charge is 2.44. The standard InChI is InChI=1S/C15H23F3O5/c1-5-14(4,12(20)22-7-10-6-21-10)8-13(2,3)11(19)23-9-15(16,17)18/h10H,5-9H2,1-4H3. The van der Waals surface area contributed by atoms with Gasteiger partial charge in [-0.05, 0) is 33.6 Å². The fraction of sp³-hybridized carbons (Fsp3) is 0.867. The molecule has 2 unspecified atom stereocenters. The largest absolute Gasteiger partial charge is 0.462 e. The maximum Gasteiger partial charge on any atom is 0.422 e. The molecule has 1 rings (SSSR count). The van der Waals surface area contributed by atoms with Gasteiger partial charge in [0.15, 0.2) is 6.61 Å². The van der Waals surface area contributed by atoms with Crippen LogP contribution < -0.4 is 0 Å². The van der Waals surface area contributed by atoms with Crippen LogP contribution in [0.25, 0.3) is 0 Å². The van der Waals surface area contributed by atoms with Gasteiger partial charge in [0.05, 0.1) is 17.4 Å². The number of esters is 2. The van der Waals surface area contributed by atoms with Crippen molar-refractivity contribution in [2.75, 3.05) is 19.8 Å². The predicted molar refractivity (Wildman–Crippen MR) is 74.5 cm³/mol. The Kier molecular flexibility index (Phi) is 6.06. The Balaban J connectivity index is 2.65. The van der Waals surface area contributed by atoms with E-state index < -0.39 is 35.6 Å². The number of rotatable bonds is 8. The van der Waals surface area contributed by atoms with E-state index in [1.165, 1.54) is 13.8 Å². The number of carbonyl (C=O) groups is 2. The van der Waals surface area contributed by atoms with Gasteiger partial charge in [-0.2, -0.15) is 13.2 Å². The van der Waals surface area contributed by atoms with E-state index in [-0.39, 0.29) is 19.1 Å². The third-order valence-corrected chi connectivity index (χ3v) is 3.83. The van der Waals surface area contributed by atoms with Crippen molar-refractivity contribution in [1.82, 2.24) is 0 Å². The highest BCUT2D eigenvalue weighted by atomic mass is 19.4. The van der Waals surface area contributed by atoms with Crippen molar-refractivity contribution in [3.63, 3.8) is 0 Å². The Bertz CT molecular complexity index is 443. The molecule has 8 heteroatoms. The van der Waals surface area contributed by atoms with Gasteiger partial charge in [-0.25, -0.2) is 0 Å². The zero-order valence-electron chi connectivity index (χ0n) is 13.8. The van der Waals surface area contributed by atoms with Crippen molar-refractivity contribution in [3.8, 4) is 0 Å². The Morgan fingerprint density at radius 2 is 1.70 bits per heavy atom. The van der Waals surface area contributed by atoms with Crippen molar-refractivity contribution in [3.05, 3.63) is 0 Å². The van der Waals surface area contributed by atoms with Gasteiger partial charge < -0.3 is 14.2 Å². The molecule has 134 valence electrons. The second kappa shape index (κ2) is 7.07. The molecule has 0 spiro atoms. The van der Waals surface area contributed by atoms with E-state index in [1.54, 1.807) is 13.8 Å². The third-order valence-electron chi connectivity index (χ3n) is 3.83. The normalized spacial score (nSPS) is 20.6. The molecule has 0 bridgehead atoms. The molecule has 0 radical (unpaired) electrons. The van der Waals surface area contributed by atoms with Gasteiger partial charge in [-0.15, -0.1) is 0 Å². The molecule has 0 aromatic heterocycles. The summed E-state index contributed by atoms with van der Waals surface area (Å²) in [5.41, 5.74) is -2.24. The maximum atomic E-state index is 12.2. The molecule has 0 saturated carbocycles. The molecule has 0 aromatic rings. The highest BCUT2D eigenvalue weighted by molar-refractivity contribution is 5.80. The molecule has 1 fully saturated rings. The molecular weight excluding hydrogens is 317 g/mol. The summed E-state index contributed by atoms with van der Waals surface area (Å²) in [5.74, 6) is -1.49. The molecule has 23 heavy (non-hydrogen) atoms. The fourth-order valence-electron chi connectivity index (χ4n) is 2.24. The lowest BCUT2D eigenvalue weighted by Gasteiger charge is -2.33. The first-order valence-corrected chi connectivity index (χ1v) is 7.42. The molecule has 0 N–H and O–H groups in total.